The Morgan fingerprint density at radius 1 is 1.47 bits per heavy atom. The molecule has 5 heteroatoms. The van der Waals surface area contributed by atoms with Crippen LogP contribution in [0.15, 0.2) is 23.0 Å². The van der Waals surface area contributed by atoms with E-state index < -0.39 is 0 Å². The van der Waals surface area contributed by atoms with Gasteiger partial charge < -0.3 is 14.6 Å². The van der Waals surface area contributed by atoms with Crippen molar-refractivity contribution in [3.63, 3.8) is 0 Å². The molecule has 1 fully saturated rings. The molecule has 1 atom stereocenters. The van der Waals surface area contributed by atoms with E-state index in [-0.39, 0.29) is 17.5 Å². The van der Waals surface area contributed by atoms with Gasteiger partial charge >= 0.3 is 0 Å². The number of hydrogen-bond acceptors (Lipinski definition) is 3. The topological polar surface area (TPSA) is 62.4 Å². The van der Waals surface area contributed by atoms with Crippen molar-refractivity contribution in [2.75, 3.05) is 20.3 Å². The van der Waals surface area contributed by atoms with Gasteiger partial charge in [0.2, 0.25) is 5.56 Å². The number of H-pyrrole nitrogens is 1. The highest BCUT2D eigenvalue weighted by Gasteiger charge is 2.27. The first kappa shape index (κ1) is 13.8. The number of hydrogen-bond donors (Lipinski definition) is 1. The molecule has 0 spiro atoms. The van der Waals surface area contributed by atoms with Crippen LogP contribution in [0.4, 0.5) is 0 Å². The maximum absolute atomic E-state index is 12.4. The first-order valence-corrected chi connectivity index (χ1v) is 6.71. The predicted octanol–water partition coefficient (Wildman–Crippen LogP) is 1.41. The van der Waals surface area contributed by atoms with Crippen molar-refractivity contribution in [3.8, 4) is 0 Å². The van der Waals surface area contributed by atoms with E-state index in [4.69, 9.17) is 4.74 Å². The van der Waals surface area contributed by atoms with Crippen molar-refractivity contribution in [2.24, 2.45) is 0 Å². The summed E-state index contributed by atoms with van der Waals surface area (Å²) in [5.41, 5.74) is 0.133. The van der Waals surface area contributed by atoms with E-state index in [0.29, 0.717) is 12.3 Å². The highest BCUT2D eigenvalue weighted by atomic mass is 16.5. The number of amides is 1. The van der Waals surface area contributed by atoms with E-state index in [1.165, 1.54) is 6.07 Å². The first-order valence-electron chi connectivity index (χ1n) is 6.71. The second kappa shape index (κ2) is 6.52. The lowest BCUT2D eigenvalue weighted by molar-refractivity contribution is 0.0547. The molecule has 1 N–H and O–H groups in total. The summed E-state index contributed by atoms with van der Waals surface area (Å²) in [6, 6.07) is 4.89. The Hall–Kier alpha value is -1.62. The van der Waals surface area contributed by atoms with Gasteiger partial charge in [0.05, 0.1) is 0 Å². The zero-order valence-electron chi connectivity index (χ0n) is 11.2. The number of ether oxygens (including phenoxy) is 1. The number of pyridine rings is 1. The quantitative estimate of drug-likeness (QED) is 0.894. The van der Waals surface area contributed by atoms with Crippen molar-refractivity contribution in [3.05, 3.63) is 34.2 Å². The summed E-state index contributed by atoms with van der Waals surface area (Å²) < 4.78 is 5.10. The SMILES string of the molecule is COCCC1CCCCN1C(=O)c1cccc(=O)[nH]1. The molecule has 1 aliphatic rings. The number of carbonyl (C=O) groups excluding carboxylic acids is 1. The molecular formula is C14H20N2O3. The molecule has 1 aromatic heterocycles. The molecular weight excluding hydrogens is 244 g/mol. The minimum atomic E-state index is -0.240. The highest BCUT2D eigenvalue weighted by Crippen LogP contribution is 2.21. The summed E-state index contributed by atoms with van der Waals surface area (Å²) in [7, 11) is 1.67. The largest absolute Gasteiger partial charge is 0.385 e. The summed E-state index contributed by atoms with van der Waals surface area (Å²) in [4.78, 5) is 28.2. The summed E-state index contributed by atoms with van der Waals surface area (Å²) in [5, 5.41) is 0. The molecule has 1 saturated heterocycles. The van der Waals surface area contributed by atoms with Crippen LogP contribution in [0.3, 0.4) is 0 Å². The van der Waals surface area contributed by atoms with Crippen LogP contribution >= 0.6 is 0 Å². The molecule has 104 valence electrons. The van der Waals surface area contributed by atoms with Gasteiger partial charge in [-0.1, -0.05) is 6.07 Å². The maximum atomic E-state index is 12.4. The Bertz CT molecular complexity index is 484. The molecule has 1 aliphatic heterocycles. The summed E-state index contributed by atoms with van der Waals surface area (Å²) in [5.74, 6) is -0.0847. The number of nitrogens with one attached hydrogen (secondary N) is 1. The lowest BCUT2D eigenvalue weighted by Gasteiger charge is -2.35. The maximum Gasteiger partial charge on any atom is 0.270 e. The molecule has 0 saturated carbocycles. The van der Waals surface area contributed by atoms with E-state index in [9.17, 15) is 9.59 Å². The Morgan fingerprint density at radius 3 is 3.05 bits per heavy atom. The van der Waals surface area contributed by atoms with Gasteiger partial charge in [-0.3, -0.25) is 9.59 Å². The lowest BCUT2D eigenvalue weighted by atomic mass is 9.99. The molecule has 0 bridgehead atoms. The van der Waals surface area contributed by atoms with E-state index in [1.807, 2.05) is 4.90 Å². The molecule has 2 heterocycles. The third-order valence-corrected chi connectivity index (χ3v) is 3.54. The van der Waals surface area contributed by atoms with E-state index >= 15 is 0 Å². The molecule has 5 nitrogen and oxygen atoms in total. The van der Waals surface area contributed by atoms with Crippen molar-refractivity contribution in [1.82, 2.24) is 9.88 Å². The van der Waals surface area contributed by atoms with Crippen LogP contribution in [0.2, 0.25) is 0 Å². The summed E-state index contributed by atoms with van der Waals surface area (Å²) in [6.07, 6.45) is 4.02. The Balaban J connectivity index is 2.13. The van der Waals surface area contributed by atoms with Crippen molar-refractivity contribution < 1.29 is 9.53 Å². The lowest BCUT2D eigenvalue weighted by Crippen LogP contribution is -2.44. The second-order valence-electron chi connectivity index (χ2n) is 4.86. The minimum absolute atomic E-state index is 0.0847. The third-order valence-electron chi connectivity index (χ3n) is 3.54. The molecule has 2 rings (SSSR count). The predicted molar refractivity (Wildman–Crippen MR) is 72.2 cm³/mol. The molecule has 0 aliphatic carbocycles. The van der Waals surface area contributed by atoms with E-state index in [2.05, 4.69) is 4.98 Å². The minimum Gasteiger partial charge on any atom is -0.385 e. The number of methoxy groups -OCH3 is 1. The number of nitrogens with zero attached hydrogens (tertiary/aromatic N) is 1. The van der Waals surface area contributed by atoms with Crippen LogP contribution in [0, 0.1) is 0 Å². The average Bonchev–Trinajstić information content (AvgIpc) is 2.44. The number of aromatic amines is 1. The van der Waals surface area contributed by atoms with Crippen LogP contribution in [-0.4, -0.2) is 42.1 Å². The van der Waals surface area contributed by atoms with Crippen LogP contribution in [0.25, 0.3) is 0 Å². The Morgan fingerprint density at radius 2 is 2.32 bits per heavy atom. The van der Waals surface area contributed by atoms with Gasteiger partial charge in [0.1, 0.15) is 5.69 Å². The Kier molecular flexibility index (Phi) is 4.74. The van der Waals surface area contributed by atoms with Crippen molar-refractivity contribution >= 4 is 5.91 Å². The van der Waals surface area contributed by atoms with Gasteiger partial charge in [0, 0.05) is 32.4 Å². The van der Waals surface area contributed by atoms with Crippen molar-refractivity contribution in [2.45, 2.75) is 31.7 Å². The monoisotopic (exact) mass is 264 g/mol. The molecule has 0 aromatic carbocycles. The number of rotatable bonds is 4. The molecule has 19 heavy (non-hydrogen) atoms. The van der Waals surface area contributed by atoms with E-state index in [0.717, 1.165) is 32.2 Å². The zero-order valence-corrected chi connectivity index (χ0v) is 11.2. The molecule has 1 amide bonds. The van der Waals surface area contributed by atoms with Gasteiger partial charge in [-0.2, -0.15) is 0 Å². The molecule has 1 unspecified atom stereocenters. The first-order chi connectivity index (χ1) is 9.22. The van der Waals surface area contributed by atoms with Gasteiger partial charge in [0.15, 0.2) is 0 Å². The highest BCUT2D eigenvalue weighted by molar-refractivity contribution is 5.92. The van der Waals surface area contributed by atoms with Crippen LogP contribution in [0.1, 0.15) is 36.2 Å². The fraction of sp³-hybridized carbons (Fsp3) is 0.571. The fourth-order valence-corrected chi connectivity index (χ4v) is 2.55. The summed E-state index contributed by atoms with van der Waals surface area (Å²) >= 11 is 0. The number of carbonyl (C=O) groups is 1. The van der Waals surface area contributed by atoms with Gasteiger partial charge in [-0.15, -0.1) is 0 Å². The number of likely N-dealkylation sites (tertiary alicyclic amines) is 1. The van der Waals surface area contributed by atoms with Gasteiger partial charge in [-0.05, 0) is 31.7 Å². The standard InChI is InChI=1S/C14H20N2O3/c1-19-10-8-11-5-2-3-9-16(11)14(18)12-6-4-7-13(17)15-12/h4,6-7,11H,2-3,5,8-10H2,1H3,(H,15,17). The van der Waals surface area contributed by atoms with Gasteiger partial charge in [0.25, 0.3) is 5.91 Å². The smallest absolute Gasteiger partial charge is 0.270 e. The van der Waals surface area contributed by atoms with E-state index in [1.54, 1.807) is 19.2 Å². The normalized spacial score (nSPS) is 19.4. The van der Waals surface area contributed by atoms with Crippen molar-refractivity contribution in [1.29, 1.82) is 0 Å². The third kappa shape index (κ3) is 3.44. The fourth-order valence-electron chi connectivity index (χ4n) is 2.55. The number of aromatic nitrogens is 1. The van der Waals surface area contributed by atoms with Crippen LogP contribution < -0.4 is 5.56 Å². The number of piperidine rings is 1. The average molecular weight is 264 g/mol. The van der Waals surface area contributed by atoms with Gasteiger partial charge in [-0.25, -0.2) is 0 Å². The van der Waals surface area contributed by atoms with Crippen LogP contribution in [-0.2, 0) is 4.74 Å². The molecule has 0 radical (unpaired) electrons. The molecule has 1 aromatic rings. The van der Waals surface area contributed by atoms with Crippen LogP contribution in [0.5, 0.6) is 0 Å². The zero-order chi connectivity index (χ0) is 13.7. The second-order valence-corrected chi connectivity index (χ2v) is 4.86. The Labute approximate surface area is 112 Å². The summed E-state index contributed by atoms with van der Waals surface area (Å²) in [6.45, 7) is 1.41.